The zero-order valence-corrected chi connectivity index (χ0v) is 33.4. The first-order valence-electron chi connectivity index (χ1n) is 21.1. The first-order valence-corrected chi connectivity index (χ1v) is 21.1. The number of anilines is 5. The number of hydrogen-bond acceptors (Lipinski definition) is 3. The van der Waals surface area contributed by atoms with E-state index in [1.54, 1.807) is 0 Å². The summed E-state index contributed by atoms with van der Waals surface area (Å²) in [4.78, 5) is 4.91. The van der Waals surface area contributed by atoms with Crippen LogP contribution in [0.2, 0.25) is 0 Å². The van der Waals surface area contributed by atoms with E-state index >= 15 is 0 Å². The summed E-state index contributed by atoms with van der Waals surface area (Å²) in [5, 5.41) is 4.62. The fraction of sp³-hybridized carbons (Fsp3) is 0.0345. The molecule has 12 rings (SSSR count). The van der Waals surface area contributed by atoms with E-state index in [0.717, 1.165) is 44.4 Å². The molecule has 3 nitrogen and oxygen atoms in total. The molecule has 2 heterocycles. The predicted molar refractivity (Wildman–Crippen MR) is 256 cm³/mol. The Balaban J connectivity index is 0.924. The number of hydrogen-bond donors (Lipinski definition) is 0. The number of para-hydroxylation sites is 1. The third kappa shape index (κ3) is 5.97. The van der Waals surface area contributed by atoms with Gasteiger partial charge in [-0.2, -0.15) is 0 Å². The van der Waals surface area contributed by atoms with Gasteiger partial charge in [0.1, 0.15) is 11.2 Å². The average molecular weight is 781 g/mol. The minimum Gasteiger partial charge on any atom is -0.455 e. The smallest absolute Gasteiger partial charge is 0.143 e. The molecule has 3 heteroatoms. The van der Waals surface area contributed by atoms with Gasteiger partial charge in [-0.1, -0.05) is 170 Å². The van der Waals surface area contributed by atoms with Crippen LogP contribution in [0.1, 0.15) is 11.5 Å². The Kier molecular flexibility index (Phi) is 8.31. The minimum absolute atomic E-state index is 0.159. The summed E-state index contributed by atoms with van der Waals surface area (Å²) in [5.74, 6) is 0.225. The maximum Gasteiger partial charge on any atom is 0.143 e. The van der Waals surface area contributed by atoms with Crippen LogP contribution in [0.15, 0.2) is 235 Å². The molecule has 0 N–H and O–H groups in total. The second kappa shape index (κ2) is 14.4. The van der Waals surface area contributed by atoms with Crippen LogP contribution in [0.25, 0.3) is 66.1 Å². The van der Waals surface area contributed by atoms with Crippen LogP contribution in [-0.4, -0.2) is 6.04 Å². The van der Waals surface area contributed by atoms with Crippen molar-refractivity contribution in [3.05, 3.63) is 236 Å². The lowest BCUT2D eigenvalue weighted by Gasteiger charge is -2.30. The molecule has 0 spiro atoms. The van der Waals surface area contributed by atoms with Gasteiger partial charge in [-0.15, -0.1) is 0 Å². The molecule has 0 bridgehead atoms. The average Bonchev–Trinajstić information content (AvgIpc) is 3.88. The Morgan fingerprint density at radius 2 is 0.869 bits per heavy atom. The highest BCUT2D eigenvalue weighted by Gasteiger charge is 2.38. The summed E-state index contributed by atoms with van der Waals surface area (Å²) >= 11 is 0. The number of rotatable bonds is 7. The second-order valence-electron chi connectivity index (χ2n) is 16.1. The molecule has 10 aromatic rings. The van der Waals surface area contributed by atoms with Crippen LogP contribution in [0.5, 0.6) is 0 Å². The highest BCUT2D eigenvalue weighted by Crippen LogP contribution is 2.52. The van der Waals surface area contributed by atoms with Crippen molar-refractivity contribution in [1.82, 2.24) is 0 Å². The molecule has 2 aliphatic rings. The van der Waals surface area contributed by atoms with E-state index in [2.05, 4.69) is 234 Å². The highest BCUT2D eigenvalue weighted by molar-refractivity contribution is 6.19. The van der Waals surface area contributed by atoms with Gasteiger partial charge in [-0.25, -0.2) is 0 Å². The molecule has 0 saturated carbocycles. The molecule has 61 heavy (non-hydrogen) atoms. The topological polar surface area (TPSA) is 19.6 Å². The predicted octanol–water partition coefficient (Wildman–Crippen LogP) is 15.9. The monoisotopic (exact) mass is 780 g/mol. The summed E-state index contributed by atoms with van der Waals surface area (Å²) in [6, 6.07) is 74.6. The van der Waals surface area contributed by atoms with E-state index in [1.165, 1.54) is 55.7 Å². The van der Waals surface area contributed by atoms with Gasteiger partial charge in [0.2, 0.25) is 0 Å². The van der Waals surface area contributed by atoms with E-state index < -0.39 is 0 Å². The zero-order chi connectivity index (χ0) is 40.3. The number of furan rings is 1. The third-order valence-electron chi connectivity index (χ3n) is 12.6. The van der Waals surface area contributed by atoms with Gasteiger partial charge < -0.3 is 14.2 Å². The fourth-order valence-electron chi connectivity index (χ4n) is 9.65. The summed E-state index contributed by atoms with van der Waals surface area (Å²) in [5.41, 5.74) is 16.2. The van der Waals surface area contributed by atoms with Gasteiger partial charge in [-0.3, -0.25) is 0 Å². The molecule has 0 radical (unpaired) electrons. The molecule has 2 unspecified atom stereocenters. The van der Waals surface area contributed by atoms with E-state index in [1.807, 2.05) is 6.07 Å². The molecule has 288 valence electrons. The fourth-order valence-corrected chi connectivity index (χ4v) is 9.65. The van der Waals surface area contributed by atoms with Crippen LogP contribution >= 0.6 is 0 Å². The zero-order valence-electron chi connectivity index (χ0n) is 33.4. The van der Waals surface area contributed by atoms with Crippen molar-refractivity contribution in [2.45, 2.75) is 12.0 Å². The highest BCUT2D eigenvalue weighted by atomic mass is 16.3. The maximum atomic E-state index is 6.49. The van der Waals surface area contributed by atoms with Gasteiger partial charge in [-0.05, 0) is 99.6 Å². The molecule has 2 atom stereocenters. The maximum absolute atomic E-state index is 6.49. The largest absolute Gasteiger partial charge is 0.455 e. The summed E-state index contributed by atoms with van der Waals surface area (Å²) in [6.07, 6.45) is 9.13. The summed E-state index contributed by atoms with van der Waals surface area (Å²) in [6.45, 7) is 0. The van der Waals surface area contributed by atoms with E-state index in [-0.39, 0.29) is 12.0 Å². The number of nitrogens with zero attached hydrogens (tertiary/aromatic N) is 2. The van der Waals surface area contributed by atoms with Gasteiger partial charge in [0, 0.05) is 50.2 Å². The molecule has 1 aromatic heterocycles. The lowest BCUT2D eigenvalue weighted by molar-refractivity contribution is 0.672. The van der Waals surface area contributed by atoms with Gasteiger partial charge >= 0.3 is 0 Å². The van der Waals surface area contributed by atoms with Crippen molar-refractivity contribution in [3.8, 4) is 33.4 Å². The number of allylic oxidation sites excluding steroid dienone is 2. The SMILES string of the molecule is C1=CC2c3cc(-c4ccc(N(c5ccc(-c6ccccc6)cc5)c5ccc(-c6ccccc6)cc5)cc4)ccc3N(c3cc4c5ccccc5oc4c4ccccc34)C2C=C1. The Hall–Kier alpha value is -7.88. The Bertz CT molecular complexity index is 3210. The Morgan fingerprint density at radius 3 is 1.49 bits per heavy atom. The van der Waals surface area contributed by atoms with Crippen LogP contribution in [0, 0.1) is 0 Å². The van der Waals surface area contributed by atoms with Crippen LogP contribution in [-0.2, 0) is 0 Å². The van der Waals surface area contributed by atoms with Crippen molar-refractivity contribution < 1.29 is 4.42 Å². The van der Waals surface area contributed by atoms with Gasteiger partial charge in [0.05, 0.1) is 11.7 Å². The van der Waals surface area contributed by atoms with E-state index in [0.29, 0.717) is 0 Å². The van der Waals surface area contributed by atoms with Crippen LogP contribution in [0.3, 0.4) is 0 Å². The molecule has 9 aromatic carbocycles. The quantitative estimate of drug-likeness (QED) is 0.161. The lowest BCUT2D eigenvalue weighted by atomic mass is 9.89. The standard InChI is InChI=1S/C58H40N2O/c1-3-13-39(14-4-1)41-23-30-45(31-24-41)59(46-32-25-42(26-33-46)40-15-5-2-6-16-40)47-34-27-43(28-35-47)44-29-36-55-52(37-44)49-18-9-11-21-54(49)60(55)56-38-53-50-19-10-12-22-57(50)61-58(53)51-20-8-7-17-48(51)56/h1-38,49,54H. The molecule has 0 saturated heterocycles. The molecular formula is C58H40N2O. The van der Waals surface area contributed by atoms with E-state index in [9.17, 15) is 0 Å². The normalized spacial score (nSPS) is 15.4. The Labute approximate surface area is 355 Å². The first kappa shape index (κ1) is 35.1. The molecular weight excluding hydrogens is 741 g/mol. The van der Waals surface area contributed by atoms with E-state index in [4.69, 9.17) is 4.42 Å². The molecule has 0 fully saturated rings. The van der Waals surface area contributed by atoms with Crippen molar-refractivity contribution in [1.29, 1.82) is 0 Å². The van der Waals surface area contributed by atoms with Crippen LogP contribution < -0.4 is 9.80 Å². The molecule has 0 amide bonds. The molecule has 1 aliphatic carbocycles. The number of fused-ring (bicyclic) bond motifs is 8. The third-order valence-corrected chi connectivity index (χ3v) is 12.6. The van der Waals surface area contributed by atoms with Crippen molar-refractivity contribution in [2.24, 2.45) is 0 Å². The lowest BCUT2D eigenvalue weighted by Crippen LogP contribution is -2.28. The summed E-state index contributed by atoms with van der Waals surface area (Å²) in [7, 11) is 0. The number of benzene rings is 9. The molecule has 1 aliphatic heterocycles. The van der Waals surface area contributed by atoms with Gasteiger partial charge in [0.15, 0.2) is 0 Å². The minimum atomic E-state index is 0.159. The van der Waals surface area contributed by atoms with Crippen LogP contribution in [0.4, 0.5) is 28.4 Å². The second-order valence-corrected chi connectivity index (χ2v) is 16.1. The van der Waals surface area contributed by atoms with Crippen molar-refractivity contribution in [2.75, 3.05) is 9.80 Å². The van der Waals surface area contributed by atoms with Crippen molar-refractivity contribution in [3.63, 3.8) is 0 Å². The summed E-state index contributed by atoms with van der Waals surface area (Å²) < 4.78 is 6.49. The Morgan fingerprint density at radius 1 is 0.377 bits per heavy atom. The van der Waals surface area contributed by atoms with Gasteiger partial charge in [0.25, 0.3) is 0 Å². The first-order chi connectivity index (χ1) is 30.2. The van der Waals surface area contributed by atoms with Crippen molar-refractivity contribution >= 4 is 61.1 Å².